The number of carbonyl (C=O) groups excluding carboxylic acids is 1. The molecule has 8 heteroatoms. The molecule has 8 nitrogen and oxygen atoms in total. The molecule has 0 radical (unpaired) electrons. The Morgan fingerprint density at radius 2 is 1.88 bits per heavy atom. The largest absolute Gasteiger partial charge is 0.371 e. The third-order valence-electron chi connectivity index (χ3n) is 6.83. The van der Waals surface area contributed by atoms with Crippen LogP contribution >= 0.6 is 0 Å². The molecular weight excluding hydrogens is 418 g/mol. The summed E-state index contributed by atoms with van der Waals surface area (Å²) in [5.74, 6) is 1.68. The number of rotatable bonds is 6. The van der Waals surface area contributed by atoms with Gasteiger partial charge in [-0.25, -0.2) is 14.8 Å². The van der Waals surface area contributed by atoms with Gasteiger partial charge >= 0.3 is 6.03 Å². The molecule has 5 rings (SSSR count). The lowest BCUT2D eigenvalue weighted by atomic mass is 9.94. The maximum absolute atomic E-state index is 11.8. The molecule has 2 saturated heterocycles. The molecule has 0 unspecified atom stereocenters. The van der Waals surface area contributed by atoms with Gasteiger partial charge in [0, 0.05) is 36.4 Å². The normalized spacial score (nSPS) is 25.7. The summed E-state index contributed by atoms with van der Waals surface area (Å²) < 4.78 is 12.4. The Morgan fingerprint density at radius 1 is 1.15 bits per heavy atom. The number of nitrogens with one attached hydrogen (secondary N) is 2. The Balaban J connectivity index is 1.51. The molecule has 0 aliphatic carbocycles. The predicted molar refractivity (Wildman–Crippen MR) is 127 cm³/mol. The molecule has 2 bridgehead atoms. The number of ether oxygens (including phenoxy) is 2. The van der Waals surface area contributed by atoms with Gasteiger partial charge in [0.05, 0.1) is 24.5 Å². The fraction of sp³-hybridized carbons (Fsp3) is 0.560. The Bertz CT molecular complexity index is 1020. The van der Waals surface area contributed by atoms with Gasteiger partial charge in [0.15, 0.2) is 5.82 Å². The van der Waals surface area contributed by atoms with Gasteiger partial charge in [0.2, 0.25) is 0 Å². The van der Waals surface area contributed by atoms with Crippen molar-refractivity contribution in [2.24, 2.45) is 0 Å². The third kappa shape index (κ3) is 4.29. The maximum Gasteiger partial charge on any atom is 0.319 e. The van der Waals surface area contributed by atoms with Crippen LogP contribution in [0.5, 0.6) is 0 Å². The second-order valence-corrected chi connectivity index (χ2v) is 9.39. The minimum Gasteiger partial charge on any atom is -0.371 e. The molecule has 1 aromatic carbocycles. The number of benzene rings is 1. The lowest BCUT2D eigenvalue weighted by molar-refractivity contribution is -0.0321. The van der Waals surface area contributed by atoms with Gasteiger partial charge in [0.1, 0.15) is 11.4 Å². The molecule has 33 heavy (non-hydrogen) atoms. The van der Waals surface area contributed by atoms with E-state index >= 15 is 0 Å². The van der Waals surface area contributed by atoms with Crippen molar-refractivity contribution < 1.29 is 14.3 Å². The summed E-state index contributed by atoms with van der Waals surface area (Å²) in [7, 11) is 0. The number of anilines is 2. The van der Waals surface area contributed by atoms with Crippen molar-refractivity contribution >= 4 is 17.5 Å². The van der Waals surface area contributed by atoms with E-state index in [4.69, 9.17) is 19.4 Å². The van der Waals surface area contributed by atoms with Crippen LogP contribution in [-0.4, -0.2) is 47.8 Å². The Morgan fingerprint density at radius 3 is 2.55 bits per heavy atom. The van der Waals surface area contributed by atoms with E-state index in [2.05, 4.69) is 29.4 Å². The van der Waals surface area contributed by atoms with Gasteiger partial charge in [-0.3, -0.25) is 0 Å². The number of urea groups is 1. The second-order valence-electron chi connectivity index (χ2n) is 9.39. The third-order valence-corrected chi connectivity index (χ3v) is 6.83. The highest BCUT2D eigenvalue weighted by molar-refractivity contribution is 5.89. The zero-order valence-corrected chi connectivity index (χ0v) is 19.7. The number of nitrogens with zero attached hydrogens (tertiary/aromatic N) is 3. The van der Waals surface area contributed by atoms with E-state index in [0.717, 1.165) is 67.1 Å². The smallest absolute Gasteiger partial charge is 0.319 e. The molecule has 2 amide bonds. The fourth-order valence-corrected chi connectivity index (χ4v) is 5.23. The second kappa shape index (κ2) is 8.91. The van der Waals surface area contributed by atoms with E-state index < -0.39 is 5.60 Å². The highest BCUT2D eigenvalue weighted by Gasteiger charge is 2.42. The lowest BCUT2D eigenvalue weighted by Gasteiger charge is -2.34. The van der Waals surface area contributed by atoms with Crippen molar-refractivity contribution in [2.45, 2.75) is 70.9 Å². The van der Waals surface area contributed by atoms with Gasteiger partial charge in [-0.15, -0.1) is 0 Å². The molecule has 3 atom stereocenters. The average molecular weight is 452 g/mol. The van der Waals surface area contributed by atoms with E-state index in [0.29, 0.717) is 19.0 Å². The van der Waals surface area contributed by atoms with Gasteiger partial charge in [-0.05, 0) is 57.4 Å². The van der Waals surface area contributed by atoms with E-state index in [-0.39, 0.29) is 18.2 Å². The van der Waals surface area contributed by atoms with Crippen LogP contribution in [0.15, 0.2) is 24.3 Å². The van der Waals surface area contributed by atoms with E-state index in [1.54, 1.807) is 0 Å². The summed E-state index contributed by atoms with van der Waals surface area (Å²) in [5.41, 5.74) is 3.37. The van der Waals surface area contributed by atoms with E-state index in [1.165, 1.54) is 0 Å². The number of morpholine rings is 1. The van der Waals surface area contributed by atoms with E-state index in [1.807, 2.05) is 31.2 Å². The fourth-order valence-electron chi connectivity index (χ4n) is 5.23. The van der Waals surface area contributed by atoms with Crippen molar-refractivity contribution in [1.29, 1.82) is 0 Å². The van der Waals surface area contributed by atoms with E-state index in [9.17, 15) is 4.79 Å². The molecular formula is C25H33N5O3. The van der Waals surface area contributed by atoms with Crippen molar-refractivity contribution in [3.63, 3.8) is 0 Å². The lowest BCUT2D eigenvalue weighted by Crippen LogP contribution is -2.43. The van der Waals surface area contributed by atoms with Crippen molar-refractivity contribution in [3.05, 3.63) is 35.5 Å². The topological polar surface area (TPSA) is 88.6 Å². The highest BCUT2D eigenvalue weighted by atomic mass is 16.5. The molecule has 3 aliphatic heterocycles. The molecule has 2 N–H and O–H groups in total. The molecule has 0 spiro atoms. The van der Waals surface area contributed by atoms with Gasteiger partial charge in [-0.1, -0.05) is 13.3 Å². The number of aromatic nitrogens is 2. The number of hydrogen-bond donors (Lipinski definition) is 2. The minimum absolute atomic E-state index is 0.212. The molecule has 0 saturated carbocycles. The van der Waals surface area contributed by atoms with Crippen LogP contribution < -0.4 is 15.5 Å². The first-order valence-corrected chi connectivity index (χ1v) is 12.1. The number of amides is 2. The summed E-state index contributed by atoms with van der Waals surface area (Å²) in [6.07, 6.45) is 4.73. The Labute approximate surface area is 195 Å². The zero-order valence-electron chi connectivity index (χ0n) is 19.7. The maximum atomic E-state index is 11.8. The SMILES string of the molecule is CCC[C@]1(C)OCc2c(N3C[C@H]4CC[C@@H](C3)O4)nc(-c3ccc(NC(=O)NCC)cc3)nc21. The Kier molecular flexibility index (Phi) is 5.97. The van der Waals surface area contributed by atoms with Crippen LogP contribution in [0.4, 0.5) is 16.3 Å². The van der Waals surface area contributed by atoms with Crippen LogP contribution in [-0.2, 0) is 21.7 Å². The molecule has 3 aliphatic rings. The standard InChI is InChI=1S/C25H33N5O3/c1-4-12-25(3)21-20(15-32-25)23(30-13-18-10-11-19(14-30)33-18)29-22(28-21)16-6-8-17(9-7-16)27-24(31)26-5-2/h6-9,18-19H,4-5,10-15H2,1-3H3,(H2,26,27,31)/t18-,19+,25-/m0/s1. The molecule has 176 valence electrons. The molecule has 4 heterocycles. The van der Waals surface area contributed by atoms with Gasteiger partial charge < -0.3 is 25.0 Å². The van der Waals surface area contributed by atoms with Crippen molar-refractivity contribution in [2.75, 3.05) is 29.9 Å². The monoisotopic (exact) mass is 451 g/mol. The quantitative estimate of drug-likeness (QED) is 0.684. The van der Waals surface area contributed by atoms with Gasteiger partial charge in [-0.2, -0.15) is 0 Å². The summed E-state index contributed by atoms with van der Waals surface area (Å²) in [5, 5.41) is 5.58. The molecule has 2 aromatic rings. The Hall–Kier alpha value is -2.71. The first-order chi connectivity index (χ1) is 16.0. The molecule has 2 fully saturated rings. The van der Waals surface area contributed by atoms with Crippen molar-refractivity contribution in [3.8, 4) is 11.4 Å². The zero-order chi connectivity index (χ0) is 23.0. The highest BCUT2D eigenvalue weighted by Crippen LogP contribution is 2.43. The first kappa shape index (κ1) is 22.1. The predicted octanol–water partition coefficient (Wildman–Crippen LogP) is 4.20. The van der Waals surface area contributed by atoms with Crippen LogP contribution in [0.3, 0.4) is 0 Å². The summed E-state index contributed by atoms with van der Waals surface area (Å²) in [6, 6.07) is 7.48. The van der Waals surface area contributed by atoms with Crippen molar-refractivity contribution in [1.82, 2.24) is 15.3 Å². The first-order valence-electron chi connectivity index (χ1n) is 12.1. The number of fused-ring (bicyclic) bond motifs is 3. The summed E-state index contributed by atoms with van der Waals surface area (Å²) in [6.45, 7) is 9.06. The van der Waals surface area contributed by atoms with Crippen LogP contribution in [0.1, 0.15) is 57.7 Å². The average Bonchev–Trinajstić information content (AvgIpc) is 3.32. The number of carbonyl (C=O) groups is 1. The summed E-state index contributed by atoms with van der Waals surface area (Å²) in [4.78, 5) is 24.3. The molecule has 1 aromatic heterocycles. The minimum atomic E-state index is -0.401. The van der Waals surface area contributed by atoms with Crippen LogP contribution in [0.25, 0.3) is 11.4 Å². The van der Waals surface area contributed by atoms with Gasteiger partial charge in [0.25, 0.3) is 0 Å². The number of hydrogen-bond acceptors (Lipinski definition) is 6. The van der Waals surface area contributed by atoms with Crippen LogP contribution in [0, 0.1) is 0 Å². The van der Waals surface area contributed by atoms with Crippen LogP contribution in [0.2, 0.25) is 0 Å². The summed E-state index contributed by atoms with van der Waals surface area (Å²) >= 11 is 0.